The maximum absolute atomic E-state index is 10.1. The molecule has 8 aromatic carbocycles. The molecule has 0 N–H and O–H groups in total. The zero-order valence-electron chi connectivity index (χ0n) is 34.1. The van der Waals surface area contributed by atoms with E-state index in [-0.39, 0.29) is 0 Å². The lowest BCUT2D eigenvalue weighted by Gasteiger charge is -2.35. The average Bonchev–Trinajstić information content (AvgIpc) is 3.68. The third-order valence-corrected chi connectivity index (χ3v) is 11.8. The van der Waals surface area contributed by atoms with Crippen molar-refractivity contribution in [2.75, 3.05) is 0 Å². The molecule has 1 aliphatic rings. The van der Waals surface area contributed by atoms with Gasteiger partial charge in [0.25, 0.3) is 0 Å². The first-order valence-corrected chi connectivity index (χ1v) is 20.1. The quantitative estimate of drug-likeness (QED) is 0.158. The minimum atomic E-state index is -1.14. The molecule has 8 heteroatoms. The maximum Gasteiger partial charge on any atom is 0.0992 e. The average molecular weight is 823 g/mol. The van der Waals surface area contributed by atoms with Crippen LogP contribution in [0.3, 0.4) is 0 Å². The van der Waals surface area contributed by atoms with Gasteiger partial charge in [0.05, 0.1) is 98.5 Å². The van der Waals surface area contributed by atoms with Crippen molar-refractivity contribution in [2.24, 2.45) is 0 Å². The predicted molar refractivity (Wildman–Crippen MR) is 243 cm³/mol. The fourth-order valence-electron chi connectivity index (χ4n) is 9.07. The minimum absolute atomic E-state index is 0.292. The third-order valence-electron chi connectivity index (χ3n) is 11.8. The summed E-state index contributed by atoms with van der Waals surface area (Å²) in [5.74, 6) is 0. The van der Waals surface area contributed by atoms with Crippen LogP contribution in [-0.2, 0) is 5.41 Å². The van der Waals surface area contributed by atoms with Gasteiger partial charge in [-0.3, -0.25) is 0 Å². The topological polar surface area (TPSA) is 190 Å². The van der Waals surface area contributed by atoms with Crippen LogP contribution >= 0.6 is 0 Å². The molecule has 0 amide bonds. The van der Waals surface area contributed by atoms with Crippen LogP contribution in [-0.4, -0.2) is 0 Å². The van der Waals surface area contributed by atoms with Crippen LogP contribution in [0.4, 0.5) is 0 Å². The van der Waals surface area contributed by atoms with Gasteiger partial charge in [0, 0.05) is 0 Å². The number of rotatable bonds is 6. The Kier molecular flexibility index (Phi) is 10.0. The van der Waals surface area contributed by atoms with Crippen LogP contribution < -0.4 is 0 Å². The van der Waals surface area contributed by atoms with E-state index in [1.54, 1.807) is 48.5 Å². The van der Waals surface area contributed by atoms with Gasteiger partial charge in [0.1, 0.15) is 0 Å². The van der Waals surface area contributed by atoms with Crippen LogP contribution in [0.2, 0.25) is 0 Å². The van der Waals surface area contributed by atoms with Crippen LogP contribution in [0.25, 0.3) is 55.6 Å². The summed E-state index contributed by atoms with van der Waals surface area (Å²) in [6.45, 7) is 0. The van der Waals surface area contributed by atoms with Crippen molar-refractivity contribution < 1.29 is 0 Å². The molecule has 0 fully saturated rings. The Hall–Kier alpha value is -10.3. The van der Waals surface area contributed by atoms with E-state index in [9.17, 15) is 42.1 Å². The standard InChI is InChI=1S/C57H26N8/c58-27-35-9-36(28-59)14-43(13-35)47-21-48(44-15-37(29-60)10-38(16-44)30-61)24-51(23-47)57(55-7-3-1-5-53(55)54-6-2-4-8-56(54)57)52-25-49(45-17-39(31-62)11-40(18-45)32-63)22-50(26-52)46-19-41(33-64)12-42(20-46)34-65/h1-26H. The van der Waals surface area contributed by atoms with Crippen molar-refractivity contribution >= 4 is 0 Å². The smallest absolute Gasteiger partial charge is 0.0992 e. The molecule has 0 bridgehead atoms. The van der Waals surface area contributed by atoms with Gasteiger partial charge in [-0.15, -0.1) is 0 Å². The molecule has 65 heavy (non-hydrogen) atoms. The predicted octanol–water partition coefficient (Wildman–Crippen LogP) is 11.7. The SMILES string of the molecule is N#Cc1cc(C#N)cc(-c2cc(-c3cc(C#N)cc(C#N)c3)cc(C3(c4cc(-c5cc(C#N)cc(C#N)c5)cc(-c5cc(C#N)cc(C#N)c5)c4)c4ccccc4-c4ccccc43)c2)c1. The number of hydrogen-bond acceptors (Lipinski definition) is 8. The number of benzene rings is 8. The summed E-state index contributed by atoms with van der Waals surface area (Å²) >= 11 is 0. The Morgan fingerprint density at radius 2 is 0.462 bits per heavy atom. The summed E-state index contributed by atoms with van der Waals surface area (Å²) in [7, 11) is 0. The van der Waals surface area contributed by atoms with Crippen molar-refractivity contribution in [3.05, 3.63) is 224 Å². The normalized spacial score (nSPS) is 11.4. The first kappa shape index (κ1) is 40.1. The zero-order valence-corrected chi connectivity index (χ0v) is 34.1. The van der Waals surface area contributed by atoms with Crippen LogP contribution in [0, 0.1) is 90.6 Å². The van der Waals surface area contributed by atoms with Gasteiger partial charge in [-0.1, -0.05) is 48.5 Å². The number of hydrogen-bond donors (Lipinski definition) is 0. The highest BCUT2D eigenvalue weighted by atomic mass is 14.5. The molecule has 0 saturated heterocycles. The van der Waals surface area contributed by atoms with E-state index in [0.29, 0.717) is 89.0 Å². The number of fused-ring (bicyclic) bond motifs is 3. The second-order valence-electron chi connectivity index (χ2n) is 15.5. The number of nitriles is 8. The van der Waals surface area contributed by atoms with Crippen molar-refractivity contribution in [2.45, 2.75) is 5.41 Å². The summed E-state index contributed by atoms with van der Waals surface area (Å²) in [6, 6.07) is 65.7. The van der Waals surface area contributed by atoms with Crippen molar-refractivity contribution in [1.82, 2.24) is 0 Å². The third kappa shape index (κ3) is 6.94. The summed E-state index contributed by atoms with van der Waals surface area (Å²) in [4.78, 5) is 0. The lowest BCUT2D eigenvalue weighted by atomic mass is 9.66. The molecule has 1 aliphatic carbocycles. The second kappa shape index (κ2) is 16.3. The summed E-state index contributed by atoms with van der Waals surface area (Å²) in [6.07, 6.45) is 0. The second-order valence-corrected chi connectivity index (χ2v) is 15.5. The van der Waals surface area contributed by atoms with Crippen LogP contribution in [0.5, 0.6) is 0 Å². The highest BCUT2D eigenvalue weighted by molar-refractivity contribution is 5.90. The Morgan fingerprint density at radius 3 is 0.692 bits per heavy atom. The van der Waals surface area contributed by atoms with Crippen LogP contribution in [0.1, 0.15) is 66.8 Å². The molecule has 0 unspecified atom stereocenters. The Bertz CT molecular complexity index is 3160. The van der Waals surface area contributed by atoms with E-state index in [4.69, 9.17) is 0 Å². The van der Waals surface area contributed by atoms with Gasteiger partial charge < -0.3 is 0 Å². The summed E-state index contributed by atoms with van der Waals surface area (Å²) < 4.78 is 0. The van der Waals surface area contributed by atoms with Gasteiger partial charge in [0.2, 0.25) is 0 Å². The van der Waals surface area contributed by atoms with E-state index in [2.05, 4.69) is 72.8 Å². The summed E-state index contributed by atoms with van der Waals surface area (Å²) in [5.41, 5.74) is 11.5. The highest BCUT2D eigenvalue weighted by Crippen LogP contribution is 2.57. The van der Waals surface area contributed by atoms with Gasteiger partial charge in [-0.05, 0) is 187 Å². The molecular formula is C57H26N8. The van der Waals surface area contributed by atoms with E-state index >= 15 is 0 Å². The Labute approximate surface area is 374 Å². The molecule has 0 heterocycles. The fourth-order valence-corrected chi connectivity index (χ4v) is 9.07. The van der Waals surface area contributed by atoms with Gasteiger partial charge in [-0.2, -0.15) is 42.1 Å². The Morgan fingerprint density at radius 1 is 0.246 bits per heavy atom. The molecule has 0 radical (unpaired) electrons. The monoisotopic (exact) mass is 822 g/mol. The molecule has 0 saturated carbocycles. The van der Waals surface area contributed by atoms with Crippen molar-refractivity contribution in [3.63, 3.8) is 0 Å². The molecule has 0 aromatic heterocycles. The first-order chi connectivity index (χ1) is 31.7. The zero-order chi connectivity index (χ0) is 45.2. The summed E-state index contributed by atoms with van der Waals surface area (Å²) in [5, 5.41) is 80.7. The molecule has 0 aliphatic heterocycles. The molecule has 0 atom stereocenters. The fraction of sp³-hybridized carbons (Fsp3) is 0.0175. The van der Waals surface area contributed by atoms with E-state index in [1.807, 2.05) is 60.7 Å². The van der Waals surface area contributed by atoms with Gasteiger partial charge in [-0.25, -0.2) is 0 Å². The van der Waals surface area contributed by atoms with E-state index in [0.717, 1.165) is 33.4 Å². The van der Waals surface area contributed by atoms with E-state index < -0.39 is 5.41 Å². The van der Waals surface area contributed by atoms with Crippen LogP contribution in [0.15, 0.2) is 158 Å². The molecule has 0 spiro atoms. The molecular weight excluding hydrogens is 797 g/mol. The van der Waals surface area contributed by atoms with Crippen molar-refractivity contribution in [1.29, 1.82) is 42.1 Å². The minimum Gasteiger partial charge on any atom is -0.192 e. The maximum atomic E-state index is 10.1. The lowest BCUT2D eigenvalue weighted by Crippen LogP contribution is -2.29. The molecule has 8 nitrogen and oxygen atoms in total. The van der Waals surface area contributed by atoms with Gasteiger partial charge >= 0.3 is 0 Å². The lowest BCUT2D eigenvalue weighted by molar-refractivity contribution is 0.770. The molecule has 8 aromatic rings. The molecule has 9 rings (SSSR count). The first-order valence-electron chi connectivity index (χ1n) is 20.1. The molecule has 294 valence electrons. The Balaban J connectivity index is 1.48. The van der Waals surface area contributed by atoms with Gasteiger partial charge in [0.15, 0.2) is 0 Å². The number of nitrogens with zero attached hydrogens (tertiary/aromatic N) is 8. The highest BCUT2D eigenvalue weighted by Gasteiger charge is 2.46. The largest absolute Gasteiger partial charge is 0.192 e. The van der Waals surface area contributed by atoms with E-state index in [1.165, 1.54) is 24.3 Å². The van der Waals surface area contributed by atoms with Crippen molar-refractivity contribution in [3.8, 4) is 104 Å².